The smallest absolute Gasteiger partial charge is 0.331 e. The average Bonchev–Trinajstić information content (AvgIpc) is 2.63. The van der Waals surface area contributed by atoms with Crippen molar-refractivity contribution in [2.75, 3.05) is 0 Å². The number of Topliss-reactive ketones (excluding diaryl/α,β-unsaturated/α-hetero) is 1. The summed E-state index contributed by atoms with van der Waals surface area (Å²) >= 11 is 0. The van der Waals surface area contributed by atoms with E-state index >= 15 is 0 Å². The molecule has 6 heteroatoms. The van der Waals surface area contributed by atoms with E-state index in [9.17, 15) is 19.5 Å². The van der Waals surface area contributed by atoms with Crippen LogP contribution in [0.4, 0.5) is 0 Å². The number of ether oxygens (including phenoxy) is 1. The molecule has 0 heterocycles. The molecule has 2 aliphatic rings. The molecule has 6 nitrogen and oxygen atoms in total. The van der Waals surface area contributed by atoms with Crippen LogP contribution in [0.15, 0.2) is 23.8 Å². The first-order chi connectivity index (χ1) is 13.6. The molecule has 1 fully saturated rings. The largest absolute Gasteiger partial charge is 0.481 e. The maximum Gasteiger partial charge on any atom is 0.331 e. The summed E-state index contributed by atoms with van der Waals surface area (Å²) in [7, 11) is 0. The van der Waals surface area contributed by atoms with Gasteiger partial charge >= 0.3 is 11.9 Å². The second-order valence-corrected chi connectivity index (χ2v) is 8.88. The molecule has 0 aromatic heterocycles. The third kappa shape index (κ3) is 5.35. The Morgan fingerprint density at radius 3 is 2.45 bits per heavy atom. The van der Waals surface area contributed by atoms with Crippen molar-refractivity contribution >= 4 is 17.7 Å². The van der Waals surface area contributed by atoms with Crippen molar-refractivity contribution < 1.29 is 29.3 Å². The Hall–Kier alpha value is -1.95. The standard InChI is InChI=1S/C23H34O6/c1-6-13(3)16-7-8-17-21(22(16)15(5)24)14(4)11-18(23(17)28)29-20(27)10-12(2)9-19(25)26/h7-8,10,13-14,16-18,21-23,28H,6,9,11H2,1-5H3,(H,25,26). The molecule has 0 radical (unpaired) electrons. The second kappa shape index (κ2) is 9.70. The molecule has 0 aromatic rings. The average molecular weight is 407 g/mol. The predicted molar refractivity (Wildman–Crippen MR) is 109 cm³/mol. The Kier molecular flexibility index (Phi) is 7.80. The first kappa shape index (κ1) is 23.3. The van der Waals surface area contributed by atoms with E-state index in [1.165, 1.54) is 6.08 Å². The Balaban J connectivity index is 2.20. The molecule has 2 rings (SSSR count). The Labute approximate surface area is 173 Å². The van der Waals surface area contributed by atoms with Crippen LogP contribution in [-0.2, 0) is 19.1 Å². The highest BCUT2D eigenvalue weighted by Gasteiger charge is 2.51. The van der Waals surface area contributed by atoms with Gasteiger partial charge in [0.1, 0.15) is 11.9 Å². The van der Waals surface area contributed by atoms with Crippen LogP contribution >= 0.6 is 0 Å². The summed E-state index contributed by atoms with van der Waals surface area (Å²) in [6.45, 7) is 9.53. The van der Waals surface area contributed by atoms with E-state index in [4.69, 9.17) is 9.84 Å². The van der Waals surface area contributed by atoms with Crippen molar-refractivity contribution in [3.8, 4) is 0 Å². The summed E-state index contributed by atoms with van der Waals surface area (Å²) < 4.78 is 5.49. The predicted octanol–water partition coefficient (Wildman–Crippen LogP) is 3.39. The van der Waals surface area contributed by atoms with Gasteiger partial charge in [0, 0.05) is 17.9 Å². The molecular weight excluding hydrogens is 372 g/mol. The van der Waals surface area contributed by atoms with Gasteiger partial charge in [0.05, 0.1) is 12.5 Å². The van der Waals surface area contributed by atoms with Crippen molar-refractivity contribution in [1.82, 2.24) is 0 Å². The summed E-state index contributed by atoms with van der Waals surface area (Å²) in [5.41, 5.74) is 0.393. The molecule has 162 valence electrons. The molecule has 0 aliphatic heterocycles. The van der Waals surface area contributed by atoms with Gasteiger partial charge in [0.25, 0.3) is 0 Å². The van der Waals surface area contributed by atoms with Crippen LogP contribution in [0.3, 0.4) is 0 Å². The van der Waals surface area contributed by atoms with E-state index in [1.54, 1.807) is 13.8 Å². The first-order valence-electron chi connectivity index (χ1n) is 10.5. The Morgan fingerprint density at radius 2 is 1.90 bits per heavy atom. The summed E-state index contributed by atoms with van der Waals surface area (Å²) in [5.74, 6) is -1.22. The van der Waals surface area contributed by atoms with Crippen LogP contribution in [0.25, 0.3) is 0 Å². The first-order valence-corrected chi connectivity index (χ1v) is 10.5. The minimum absolute atomic E-state index is 0.0192. The highest BCUT2D eigenvalue weighted by molar-refractivity contribution is 5.84. The molecule has 29 heavy (non-hydrogen) atoms. The van der Waals surface area contributed by atoms with E-state index < -0.39 is 24.1 Å². The van der Waals surface area contributed by atoms with Gasteiger partial charge in [-0.15, -0.1) is 0 Å². The lowest BCUT2D eigenvalue weighted by Gasteiger charge is -2.50. The lowest BCUT2D eigenvalue weighted by molar-refractivity contribution is -0.163. The normalized spacial score (nSPS) is 35.5. The maximum atomic E-state index is 12.5. The number of carbonyl (C=O) groups is 3. The Morgan fingerprint density at radius 1 is 1.24 bits per heavy atom. The minimum Gasteiger partial charge on any atom is -0.481 e. The van der Waals surface area contributed by atoms with E-state index in [2.05, 4.69) is 26.8 Å². The van der Waals surface area contributed by atoms with Crippen LogP contribution in [0.1, 0.15) is 53.9 Å². The van der Waals surface area contributed by atoms with Crippen LogP contribution in [0.5, 0.6) is 0 Å². The zero-order valence-corrected chi connectivity index (χ0v) is 18.0. The molecular formula is C23H34O6. The number of carboxylic acids is 1. The van der Waals surface area contributed by atoms with Gasteiger partial charge in [-0.25, -0.2) is 4.79 Å². The van der Waals surface area contributed by atoms with E-state index in [-0.39, 0.29) is 41.8 Å². The van der Waals surface area contributed by atoms with Gasteiger partial charge in [-0.1, -0.05) is 44.9 Å². The number of carbonyl (C=O) groups excluding carboxylic acids is 2. The van der Waals surface area contributed by atoms with E-state index in [0.29, 0.717) is 17.9 Å². The van der Waals surface area contributed by atoms with Gasteiger partial charge in [0.2, 0.25) is 0 Å². The molecule has 0 aromatic carbocycles. The molecule has 8 unspecified atom stereocenters. The molecule has 2 N–H and O–H groups in total. The van der Waals surface area contributed by atoms with Crippen LogP contribution in [0, 0.1) is 35.5 Å². The number of hydrogen-bond acceptors (Lipinski definition) is 5. The molecule has 0 spiro atoms. The highest BCUT2D eigenvalue weighted by atomic mass is 16.6. The van der Waals surface area contributed by atoms with E-state index in [1.807, 2.05) is 6.08 Å². The molecule has 8 atom stereocenters. The SMILES string of the molecule is CCC(C)C1C=CC2C(O)C(OC(=O)C=C(C)CC(=O)O)CC(C)C2C1C(C)=O. The van der Waals surface area contributed by atoms with Crippen LogP contribution in [0.2, 0.25) is 0 Å². The number of carboxylic acid groups (broad SMARTS) is 1. The topological polar surface area (TPSA) is 101 Å². The van der Waals surface area contributed by atoms with Gasteiger partial charge in [0.15, 0.2) is 0 Å². The summed E-state index contributed by atoms with van der Waals surface area (Å²) in [6, 6.07) is 0. The summed E-state index contributed by atoms with van der Waals surface area (Å²) in [6.07, 6.45) is 4.91. The summed E-state index contributed by atoms with van der Waals surface area (Å²) in [4.78, 5) is 35.5. The monoisotopic (exact) mass is 406 g/mol. The fourth-order valence-electron chi connectivity index (χ4n) is 5.14. The van der Waals surface area contributed by atoms with Crippen molar-refractivity contribution in [2.24, 2.45) is 35.5 Å². The lowest BCUT2D eigenvalue weighted by atomic mass is 9.56. The summed E-state index contributed by atoms with van der Waals surface area (Å²) in [5, 5.41) is 19.7. The van der Waals surface area contributed by atoms with Gasteiger partial charge < -0.3 is 14.9 Å². The zero-order valence-electron chi connectivity index (χ0n) is 18.0. The second-order valence-electron chi connectivity index (χ2n) is 8.88. The number of allylic oxidation sites excluding steroid dienone is 1. The van der Waals surface area contributed by atoms with Crippen LogP contribution in [-0.4, -0.2) is 40.1 Å². The number of hydrogen-bond donors (Lipinski definition) is 2. The molecule has 0 amide bonds. The third-order valence-electron chi connectivity index (χ3n) is 6.70. The molecule has 2 aliphatic carbocycles. The Bertz CT molecular complexity index is 693. The van der Waals surface area contributed by atoms with Crippen molar-refractivity contribution in [2.45, 2.75) is 66.1 Å². The number of aliphatic hydroxyl groups excluding tert-OH is 1. The zero-order chi connectivity index (χ0) is 21.9. The fraction of sp³-hybridized carbons (Fsp3) is 0.696. The molecule has 0 bridgehead atoms. The number of ketones is 1. The highest BCUT2D eigenvalue weighted by Crippen LogP contribution is 2.49. The number of aliphatic carboxylic acids is 1. The number of esters is 1. The van der Waals surface area contributed by atoms with Crippen molar-refractivity contribution in [1.29, 1.82) is 0 Å². The van der Waals surface area contributed by atoms with E-state index in [0.717, 1.165) is 6.42 Å². The third-order valence-corrected chi connectivity index (χ3v) is 6.70. The number of rotatable bonds is 7. The fourth-order valence-corrected chi connectivity index (χ4v) is 5.14. The van der Waals surface area contributed by atoms with Gasteiger partial charge in [-0.05, 0) is 43.9 Å². The van der Waals surface area contributed by atoms with Gasteiger partial charge in [-0.2, -0.15) is 0 Å². The number of fused-ring (bicyclic) bond motifs is 1. The maximum absolute atomic E-state index is 12.5. The minimum atomic E-state index is -1.01. The van der Waals surface area contributed by atoms with Gasteiger partial charge in [-0.3, -0.25) is 9.59 Å². The lowest BCUT2D eigenvalue weighted by Crippen LogP contribution is -2.53. The quantitative estimate of drug-likeness (QED) is 0.382. The van der Waals surface area contributed by atoms with Crippen LogP contribution < -0.4 is 0 Å². The molecule has 1 saturated carbocycles. The van der Waals surface area contributed by atoms with Crippen molar-refractivity contribution in [3.63, 3.8) is 0 Å². The molecule has 0 saturated heterocycles. The van der Waals surface area contributed by atoms with Crippen molar-refractivity contribution in [3.05, 3.63) is 23.8 Å². The number of aliphatic hydroxyl groups is 1.